The maximum absolute atomic E-state index is 12.3. The fourth-order valence-electron chi connectivity index (χ4n) is 3.93. The minimum Gasteiger partial charge on any atom is -0.478 e. The van der Waals surface area contributed by atoms with Crippen LogP contribution in [-0.4, -0.2) is 69.7 Å². The maximum Gasteiger partial charge on any atom is 0.328 e. The number of amides is 1. The number of pyridine rings is 1. The third kappa shape index (κ3) is 8.88. The van der Waals surface area contributed by atoms with Crippen LogP contribution in [0, 0.1) is 23.8 Å². The molecule has 2 unspecified atom stereocenters. The quantitative estimate of drug-likeness (QED) is 0.330. The van der Waals surface area contributed by atoms with Gasteiger partial charge >= 0.3 is 11.9 Å². The Morgan fingerprint density at radius 1 is 1.26 bits per heavy atom. The molecule has 1 amide bonds. The van der Waals surface area contributed by atoms with Crippen LogP contribution in [0.4, 0.5) is 11.5 Å². The summed E-state index contributed by atoms with van der Waals surface area (Å²) in [7, 11) is 0. The predicted octanol–water partition coefficient (Wildman–Crippen LogP) is 2.27. The van der Waals surface area contributed by atoms with E-state index in [4.69, 9.17) is 22.0 Å². The molecular weight excluding hydrogens is 440 g/mol. The second kappa shape index (κ2) is 13.6. The largest absolute Gasteiger partial charge is 0.478 e. The standard InChI is InChI=1S/C19H24N6O.C4H4O4.H2/c1-21-16-6-7-18(24-12-16)23-11-14-4-5-15(9-14)22-13-19(26)25-8-2-3-17(25)10-20;5-3(6)1-2-4(7)8;/h6-7,12,14-15,17,22H,2-5,8-9,11,13H2,(H,23,24);1-2H,(H,5,6)(H,7,8);1H/b;2-1+;/t14?,15?,17-;;/m0../s1. The molecule has 1 aliphatic carbocycles. The van der Waals surface area contributed by atoms with Crippen LogP contribution in [0.1, 0.15) is 33.5 Å². The summed E-state index contributed by atoms with van der Waals surface area (Å²) in [6, 6.07) is 5.92. The summed E-state index contributed by atoms with van der Waals surface area (Å²) in [5.74, 6) is -1.14. The predicted molar refractivity (Wildman–Crippen MR) is 125 cm³/mol. The first-order valence-corrected chi connectivity index (χ1v) is 11.0. The van der Waals surface area contributed by atoms with Crippen molar-refractivity contribution in [1.29, 1.82) is 5.26 Å². The molecule has 11 nitrogen and oxygen atoms in total. The average Bonchev–Trinajstić information content (AvgIpc) is 3.50. The molecule has 2 fully saturated rings. The number of carboxylic acid groups (broad SMARTS) is 2. The smallest absolute Gasteiger partial charge is 0.328 e. The van der Waals surface area contributed by atoms with Crippen LogP contribution in [-0.2, 0) is 14.4 Å². The van der Waals surface area contributed by atoms with E-state index in [1.165, 1.54) is 0 Å². The van der Waals surface area contributed by atoms with Gasteiger partial charge in [0.2, 0.25) is 11.6 Å². The summed E-state index contributed by atoms with van der Waals surface area (Å²) in [5, 5.41) is 31.4. The minimum absolute atomic E-state index is 0. The van der Waals surface area contributed by atoms with Crippen molar-refractivity contribution in [2.24, 2.45) is 5.92 Å². The van der Waals surface area contributed by atoms with Gasteiger partial charge in [-0.1, -0.05) is 6.07 Å². The van der Waals surface area contributed by atoms with E-state index in [0.717, 1.165) is 44.5 Å². The summed E-state index contributed by atoms with van der Waals surface area (Å²) in [4.78, 5) is 40.7. The number of nitrogens with zero attached hydrogens (tertiary/aromatic N) is 4. The number of aliphatic carboxylic acids is 2. The number of anilines is 1. The van der Waals surface area contributed by atoms with Crippen molar-refractivity contribution in [1.82, 2.24) is 15.2 Å². The van der Waals surface area contributed by atoms with Crippen molar-refractivity contribution in [3.63, 3.8) is 0 Å². The molecule has 4 N–H and O–H groups in total. The highest BCUT2D eigenvalue weighted by atomic mass is 16.4. The number of rotatable bonds is 8. The van der Waals surface area contributed by atoms with Crippen molar-refractivity contribution < 1.29 is 26.0 Å². The van der Waals surface area contributed by atoms with E-state index in [9.17, 15) is 14.4 Å². The van der Waals surface area contributed by atoms with Gasteiger partial charge in [-0.3, -0.25) is 9.78 Å². The fraction of sp³-hybridized carbons (Fsp3) is 0.478. The molecule has 1 aromatic rings. The van der Waals surface area contributed by atoms with E-state index in [2.05, 4.69) is 26.5 Å². The van der Waals surface area contributed by atoms with Crippen molar-refractivity contribution in [3.05, 3.63) is 41.9 Å². The van der Waals surface area contributed by atoms with E-state index < -0.39 is 11.9 Å². The molecule has 1 saturated carbocycles. The first-order chi connectivity index (χ1) is 16.3. The zero-order valence-corrected chi connectivity index (χ0v) is 18.7. The first kappa shape index (κ1) is 26.3. The maximum atomic E-state index is 12.3. The molecule has 2 heterocycles. The molecule has 0 aromatic carbocycles. The second-order valence-corrected chi connectivity index (χ2v) is 8.04. The minimum atomic E-state index is -1.26. The number of nitrogens with one attached hydrogen (secondary N) is 2. The van der Waals surface area contributed by atoms with Gasteiger partial charge in [-0.05, 0) is 44.1 Å². The van der Waals surface area contributed by atoms with E-state index in [-0.39, 0.29) is 13.4 Å². The summed E-state index contributed by atoms with van der Waals surface area (Å²) < 4.78 is 0. The number of carbonyl (C=O) groups excluding carboxylic acids is 1. The highest BCUT2D eigenvalue weighted by Gasteiger charge is 2.30. The number of aromatic nitrogens is 1. The SMILES string of the molecule is O=C(O)/C=C/C(=O)O.[C-]#[N+]c1ccc(NCC2CCC(NCC(=O)N3CCC[C@H]3C#N)C2)nc1.[HH]. The molecule has 3 atom stereocenters. The number of nitriles is 1. The molecule has 1 saturated heterocycles. The van der Waals surface area contributed by atoms with Crippen molar-refractivity contribution in [3.8, 4) is 6.07 Å². The molecule has 0 spiro atoms. The fourth-order valence-corrected chi connectivity index (χ4v) is 3.93. The lowest BCUT2D eigenvalue weighted by Crippen LogP contribution is -2.43. The van der Waals surface area contributed by atoms with Crippen molar-refractivity contribution >= 4 is 29.4 Å². The van der Waals surface area contributed by atoms with Crippen LogP contribution in [0.3, 0.4) is 0 Å². The third-order valence-electron chi connectivity index (χ3n) is 5.62. The van der Waals surface area contributed by atoms with Crippen LogP contribution in [0.2, 0.25) is 0 Å². The monoisotopic (exact) mass is 470 g/mol. The lowest BCUT2D eigenvalue weighted by molar-refractivity contribution is -0.134. The van der Waals surface area contributed by atoms with Crippen LogP contribution >= 0.6 is 0 Å². The average molecular weight is 471 g/mol. The van der Waals surface area contributed by atoms with Crippen LogP contribution in [0.15, 0.2) is 30.5 Å². The summed E-state index contributed by atoms with van der Waals surface area (Å²) >= 11 is 0. The Morgan fingerprint density at radius 3 is 2.59 bits per heavy atom. The highest BCUT2D eigenvalue weighted by Crippen LogP contribution is 2.26. The number of likely N-dealkylation sites (tertiary alicyclic amines) is 1. The Bertz CT molecular complexity index is 956. The van der Waals surface area contributed by atoms with Crippen LogP contribution in [0.5, 0.6) is 0 Å². The summed E-state index contributed by atoms with van der Waals surface area (Å²) in [6.45, 7) is 8.81. The number of hydrogen-bond acceptors (Lipinski definition) is 7. The number of carbonyl (C=O) groups is 3. The Hall–Kier alpha value is -3.96. The topological polar surface area (TPSA) is 160 Å². The first-order valence-electron chi connectivity index (χ1n) is 11.0. The Balaban J connectivity index is 0.000000590. The van der Waals surface area contributed by atoms with E-state index in [0.29, 0.717) is 42.9 Å². The van der Waals surface area contributed by atoms with Gasteiger partial charge in [0.25, 0.3) is 0 Å². The lowest BCUT2D eigenvalue weighted by Gasteiger charge is -2.21. The van der Waals surface area contributed by atoms with E-state index in [1.54, 1.807) is 17.2 Å². The van der Waals surface area contributed by atoms with Crippen LogP contribution < -0.4 is 10.6 Å². The Labute approximate surface area is 199 Å². The molecule has 0 radical (unpaired) electrons. The number of hydrogen-bond donors (Lipinski definition) is 4. The van der Waals surface area contributed by atoms with Gasteiger partial charge < -0.3 is 25.7 Å². The van der Waals surface area contributed by atoms with Gasteiger partial charge in [0.15, 0.2) is 0 Å². The lowest BCUT2D eigenvalue weighted by atomic mass is 10.1. The Kier molecular flexibility index (Phi) is 10.5. The Morgan fingerprint density at radius 2 is 2.00 bits per heavy atom. The molecule has 11 heteroatoms. The third-order valence-corrected chi connectivity index (χ3v) is 5.62. The highest BCUT2D eigenvalue weighted by molar-refractivity contribution is 5.89. The molecular formula is C23H30N6O5. The molecule has 1 aliphatic heterocycles. The molecule has 182 valence electrons. The molecule has 2 aliphatic rings. The molecule has 34 heavy (non-hydrogen) atoms. The van der Waals surface area contributed by atoms with Gasteiger partial charge in [0, 0.05) is 38.9 Å². The zero-order valence-electron chi connectivity index (χ0n) is 18.7. The van der Waals surface area contributed by atoms with E-state index in [1.807, 2.05) is 6.07 Å². The van der Waals surface area contributed by atoms with Crippen molar-refractivity contribution in [2.45, 2.75) is 44.2 Å². The molecule has 3 rings (SSSR count). The van der Waals surface area contributed by atoms with Gasteiger partial charge in [0.05, 0.1) is 19.2 Å². The van der Waals surface area contributed by atoms with Gasteiger partial charge in [-0.2, -0.15) is 5.26 Å². The van der Waals surface area contributed by atoms with Gasteiger partial charge in [0.1, 0.15) is 11.9 Å². The normalized spacial score (nSPS) is 21.2. The van der Waals surface area contributed by atoms with E-state index >= 15 is 0 Å². The van der Waals surface area contributed by atoms with Gasteiger partial charge in [-0.15, -0.1) is 0 Å². The summed E-state index contributed by atoms with van der Waals surface area (Å²) in [6.07, 6.45) is 7.62. The molecule has 0 bridgehead atoms. The summed E-state index contributed by atoms with van der Waals surface area (Å²) in [5.41, 5.74) is 0.544. The number of carboxylic acids is 2. The van der Waals surface area contributed by atoms with Crippen LogP contribution in [0.25, 0.3) is 4.85 Å². The zero-order chi connectivity index (χ0) is 24.9. The second-order valence-electron chi connectivity index (χ2n) is 8.04. The molecule has 1 aromatic heterocycles. The van der Waals surface area contributed by atoms with Crippen molar-refractivity contribution in [2.75, 3.05) is 25.0 Å². The van der Waals surface area contributed by atoms with Gasteiger partial charge in [-0.25, -0.2) is 14.4 Å².